The smallest absolute Gasteiger partial charge is 0.138 e. The number of allylic oxidation sites excluding steroid dienone is 1. The van der Waals surface area contributed by atoms with Gasteiger partial charge in [-0.15, -0.1) is 0 Å². The highest BCUT2D eigenvalue weighted by Crippen LogP contribution is 2.37. The first-order valence-corrected chi connectivity index (χ1v) is 11.0. The summed E-state index contributed by atoms with van der Waals surface area (Å²) in [6.07, 6.45) is 11.0. The largest absolute Gasteiger partial charge is 0.383 e. The summed E-state index contributed by atoms with van der Waals surface area (Å²) < 4.78 is 0.842. The lowest BCUT2D eigenvalue weighted by Crippen LogP contribution is -2.32. The van der Waals surface area contributed by atoms with E-state index in [-0.39, 0.29) is 0 Å². The number of fused-ring (bicyclic) bond motifs is 2. The zero-order chi connectivity index (χ0) is 20.0. The maximum absolute atomic E-state index is 5.94. The molecule has 1 saturated carbocycles. The van der Waals surface area contributed by atoms with Crippen LogP contribution in [0.15, 0.2) is 41.1 Å². The first kappa shape index (κ1) is 18.6. The molecule has 2 aromatic heterocycles. The molecule has 148 valence electrons. The second-order valence-corrected chi connectivity index (χ2v) is 8.95. The second kappa shape index (κ2) is 7.41. The maximum atomic E-state index is 5.94. The predicted molar refractivity (Wildman–Crippen MR) is 122 cm³/mol. The fraction of sp³-hybridized carbons (Fsp3) is 0.348. The molecule has 0 bridgehead atoms. The molecule has 5 rings (SSSR count). The normalized spacial score (nSPS) is 21.4. The van der Waals surface area contributed by atoms with E-state index in [1.54, 1.807) is 6.33 Å². The Morgan fingerprint density at radius 1 is 1.21 bits per heavy atom. The molecule has 0 radical (unpaired) electrons. The van der Waals surface area contributed by atoms with Crippen molar-refractivity contribution in [1.29, 1.82) is 0 Å². The quantitative estimate of drug-likeness (QED) is 0.614. The molecule has 0 amide bonds. The number of hydrogen-bond donors (Lipinski definition) is 1. The van der Waals surface area contributed by atoms with Crippen LogP contribution in [0.2, 0.25) is 0 Å². The van der Waals surface area contributed by atoms with Crippen LogP contribution in [-0.4, -0.2) is 27.5 Å². The molecule has 0 spiro atoms. The van der Waals surface area contributed by atoms with Gasteiger partial charge in [0.15, 0.2) is 0 Å². The van der Waals surface area contributed by atoms with E-state index in [9.17, 15) is 0 Å². The Morgan fingerprint density at radius 2 is 2.10 bits per heavy atom. The highest BCUT2D eigenvalue weighted by Gasteiger charge is 2.33. The third-order valence-corrected chi connectivity index (χ3v) is 6.92. The Kier molecular flexibility index (Phi) is 4.74. The van der Waals surface area contributed by atoms with Crippen molar-refractivity contribution in [2.45, 2.75) is 38.6 Å². The molecular weight excluding hydrogens is 426 g/mol. The SMILES string of the molecule is Cc1ncnc2c1CCN2C1CCC(/C=C/c2ccc3cc(Br)c(N)nc3c2)C1. The molecule has 2 N–H and O–H groups in total. The van der Waals surface area contributed by atoms with Gasteiger partial charge in [0.2, 0.25) is 0 Å². The second-order valence-electron chi connectivity index (χ2n) is 8.10. The fourth-order valence-electron chi connectivity index (χ4n) is 4.70. The molecule has 6 heteroatoms. The van der Waals surface area contributed by atoms with Gasteiger partial charge in [-0.3, -0.25) is 0 Å². The van der Waals surface area contributed by atoms with E-state index in [0.29, 0.717) is 17.8 Å². The monoisotopic (exact) mass is 449 g/mol. The molecule has 2 unspecified atom stereocenters. The number of aromatic nitrogens is 3. The van der Waals surface area contributed by atoms with Crippen LogP contribution in [0, 0.1) is 12.8 Å². The summed E-state index contributed by atoms with van der Waals surface area (Å²) >= 11 is 3.44. The molecule has 1 aromatic carbocycles. The summed E-state index contributed by atoms with van der Waals surface area (Å²) in [5.41, 5.74) is 10.5. The molecule has 5 nitrogen and oxygen atoms in total. The van der Waals surface area contributed by atoms with E-state index < -0.39 is 0 Å². The van der Waals surface area contributed by atoms with Crippen molar-refractivity contribution in [2.24, 2.45) is 5.92 Å². The lowest BCUT2D eigenvalue weighted by molar-refractivity contribution is 0.599. The van der Waals surface area contributed by atoms with E-state index in [1.807, 2.05) is 6.07 Å². The molecule has 0 saturated heterocycles. The van der Waals surface area contributed by atoms with Gasteiger partial charge >= 0.3 is 0 Å². The average Bonchev–Trinajstić information content (AvgIpc) is 3.35. The third kappa shape index (κ3) is 3.50. The Hall–Kier alpha value is -2.47. The van der Waals surface area contributed by atoms with Crippen LogP contribution in [0.4, 0.5) is 11.6 Å². The van der Waals surface area contributed by atoms with Crippen molar-refractivity contribution >= 4 is 44.5 Å². The van der Waals surface area contributed by atoms with Gasteiger partial charge in [-0.2, -0.15) is 0 Å². The van der Waals surface area contributed by atoms with Crippen LogP contribution in [-0.2, 0) is 6.42 Å². The number of halogens is 1. The lowest BCUT2D eigenvalue weighted by atomic mass is 10.0. The number of nitrogens with two attached hydrogens (primary N) is 1. The van der Waals surface area contributed by atoms with Gasteiger partial charge in [0.25, 0.3) is 0 Å². The maximum Gasteiger partial charge on any atom is 0.138 e. The van der Waals surface area contributed by atoms with Crippen molar-refractivity contribution in [3.63, 3.8) is 0 Å². The summed E-state index contributed by atoms with van der Waals surface area (Å²) in [5.74, 6) is 2.30. The molecule has 3 aromatic rings. The Balaban J connectivity index is 1.29. The summed E-state index contributed by atoms with van der Waals surface area (Å²) in [5, 5.41) is 1.09. The van der Waals surface area contributed by atoms with Crippen molar-refractivity contribution in [1.82, 2.24) is 15.0 Å². The third-order valence-electron chi connectivity index (χ3n) is 6.28. The highest BCUT2D eigenvalue weighted by molar-refractivity contribution is 9.10. The van der Waals surface area contributed by atoms with Crippen LogP contribution in [0.1, 0.15) is 36.1 Å². The summed E-state index contributed by atoms with van der Waals surface area (Å²) in [6.45, 7) is 3.16. The number of benzene rings is 1. The standard InChI is InChI=1S/C23H24BrN5/c1-14-19-8-9-29(23(19)27-13-26-14)18-7-5-15(10-18)2-3-16-4-6-17-12-20(24)22(25)28-21(17)11-16/h2-4,6,11-13,15,18H,5,7-10H2,1H3,(H2,25,28)/b3-2+. The number of nitrogen functional groups attached to an aromatic ring is 1. The van der Waals surface area contributed by atoms with Gasteiger partial charge in [-0.25, -0.2) is 15.0 Å². The molecule has 1 aliphatic carbocycles. The van der Waals surface area contributed by atoms with Gasteiger partial charge in [0.1, 0.15) is 18.0 Å². The van der Waals surface area contributed by atoms with Gasteiger partial charge < -0.3 is 10.6 Å². The van der Waals surface area contributed by atoms with E-state index in [2.05, 4.69) is 73.1 Å². The van der Waals surface area contributed by atoms with Gasteiger partial charge in [-0.05, 0) is 72.2 Å². The van der Waals surface area contributed by atoms with Crippen LogP contribution in [0.25, 0.3) is 17.0 Å². The number of nitrogens with zero attached hydrogens (tertiary/aromatic N) is 4. The van der Waals surface area contributed by atoms with Crippen molar-refractivity contribution < 1.29 is 0 Å². The van der Waals surface area contributed by atoms with E-state index in [0.717, 1.165) is 39.9 Å². The van der Waals surface area contributed by atoms with Gasteiger partial charge in [-0.1, -0.05) is 24.3 Å². The first-order valence-electron chi connectivity index (χ1n) is 10.2. The van der Waals surface area contributed by atoms with Crippen LogP contribution in [0.3, 0.4) is 0 Å². The fourth-order valence-corrected chi connectivity index (χ4v) is 5.03. The average molecular weight is 450 g/mol. The molecular formula is C23H24BrN5. The number of rotatable bonds is 3. The molecule has 1 fully saturated rings. The van der Waals surface area contributed by atoms with Crippen LogP contribution >= 0.6 is 15.9 Å². The minimum absolute atomic E-state index is 0.530. The minimum Gasteiger partial charge on any atom is -0.383 e. The van der Waals surface area contributed by atoms with Gasteiger partial charge in [0.05, 0.1) is 9.99 Å². The molecule has 29 heavy (non-hydrogen) atoms. The highest BCUT2D eigenvalue weighted by atomic mass is 79.9. The van der Waals surface area contributed by atoms with Crippen molar-refractivity contribution in [2.75, 3.05) is 17.2 Å². The Bertz CT molecular complexity index is 1110. The zero-order valence-corrected chi connectivity index (χ0v) is 18.1. The minimum atomic E-state index is 0.530. The van der Waals surface area contributed by atoms with Crippen LogP contribution in [0.5, 0.6) is 0 Å². The molecule has 2 atom stereocenters. The van der Waals surface area contributed by atoms with Gasteiger partial charge in [0, 0.05) is 29.2 Å². The molecule has 2 aliphatic rings. The summed E-state index contributed by atoms with van der Waals surface area (Å²) in [4.78, 5) is 15.9. The number of pyridine rings is 1. The number of anilines is 2. The van der Waals surface area contributed by atoms with Crippen molar-refractivity contribution in [3.8, 4) is 0 Å². The zero-order valence-electron chi connectivity index (χ0n) is 16.5. The summed E-state index contributed by atoms with van der Waals surface area (Å²) in [7, 11) is 0. The number of aryl methyl sites for hydroxylation is 1. The number of hydrogen-bond acceptors (Lipinski definition) is 5. The Morgan fingerprint density at radius 3 is 3.00 bits per heavy atom. The predicted octanol–water partition coefficient (Wildman–Crippen LogP) is 4.92. The van der Waals surface area contributed by atoms with E-state index >= 15 is 0 Å². The topological polar surface area (TPSA) is 67.9 Å². The van der Waals surface area contributed by atoms with Crippen molar-refractivity contribution in [3.05, 3.63) is 58.0 Å². The summed E-state index contributed by atoms with van der Waals surface area (Å²) in [6, 6.07) is 8.96. The Labute approximate surface area is 179 Å². The van der Waals surface area contributed by atoms with E-state index in [4.69, 9.17) is 5.73 Å². The first-order chi connectivity index (χ1) is 14.1. The lowest BCUT2D eigenvalue weighted by Gasteiger charge is -2.25. The molecule has 3 heterocycles. The molecule has 1 aliphatic heterocycles. The van der Waals surface area contributed by atoms with Crippen LogP contribution < -0.4 is 10.6 Å². The van der Waals surface area contributed by atoms with E-state index in [1.165, 1.54) is 30.4 Å².